The molecule has 2 aromatic heterocycles. The molecule has 37 heavy (non-hydrogen) atoms. The number of anilines is 2. The average Bonchev–Trinajstić information content (AvgIpc) is 3.36. The lowest BCUT2D eigenvalue weighted by molar-refractivity contribution is 0.413. The third-order valence-corrected chi connectivity index (χ3v) is 6.49. The van der Waals surface area contributed by atoms with Gasteiger partial charge in [-0.15, -0.1) is 11.6 Å². The van der Waals surface area contributed by atoms with Gasteiger partial charge in [-0.1, -0.05) is 30.4 Å². The Morgan fingerprint density at radius 2 is 1.92 bits per heavy atom. The number of hydrogen-bond acceptors (Lipinski definition) is 6. The number of aryl methyl sites for hydroxylation is 1. The van der Waals surface area contributed by atoms with Crippen molar-refractivity contribution in [3.05, 3.63) is 102 Å². The van der Waals surface area contributed by atoms with E-state index in [1.165, 1.54) is 0 Å². The van der Waals surface area contributed by atoms with Crippen LogP contribution in [-0.2, 0) is 6.42 Å². The molecule has 188 valence electrons. The van der Waals surface area contributed by atoms with E-state index >= 15 is 0 Å². The molecule has 1 unspecified atom stereocenters. The molecule has 1 N–H and O–H groups in total. The molecule has 2 heterocycles. The average molecular weight is 514 g/mol. The first-order valence-electron chi connectivity index (χ1n) is 12.0. The molecule has 4 aromatic rings. The minimum atomic E-state index is -0.00140. The fourth-order valence-electron chi connectivity index (χ4n) is 4.23. The maximum absolute atomic E-state index is 6.29. The van der Waals surface area contributed by atoms with E-state index in [-0.39, 0.29) is 5.38 Å². The number of nitrogens with one attached hydrogen (secondary N) is 1. The molecular formula is C29H28ClN5O2. The predicted molar refractivity (Wildman–Crippen MR) is 147 cm³/mol. The van der Waals surface area contributed by atoms with Crippen LogP contribution in [0.15, 0.2) is 79.4 Å². The molecule has 0 saturated carbocycles. The number of rotatable bonds is 8. The van der Waals surface area contributed by atoms with Crippen molar-refractivity contribution in [3.63, 3.8) is 0 Å². The first-order valence-corrected chi connectivity index (χ1v) is 12.4. The number of nitrogens with zero attached hydrogens (tertiary/aromatic N) is 4. The van der Waals surface area contributed by atoms with Gasteiger partial charge in [0.2, 0.25) is 5.95 Å². The van der Waals surface area contributed by atoms with Crippen LogP contribution in [0.1, 0.15) is 28.9 Å². The molecule has 0 fully saturated rings. The highest BCUT2D eigenvalue weighted by molar-refractivity contribution is 6.22. The van der Waals surface area contributed by atoms with E-state index in [4.69, 9.17) is 26.1 Å². The van der Waals surface area contributed by atoms with Crippen molar-refractivity contribution in [2.75, 3.05) is 19.5 Å². The van der Waals surface area contributed by atoms with Crippen LogP contribution < -0.4 is 14.8 Å². The van der Waals surface area contributed by atoms with Gasteiger partial charge >= 0.3 is 0 Å². The zero-order valence-corrected chi connectivity index (χ0v) is 21.7. The second-order valence-electron chi connectivity index (χ2n) is 8.80. The minimum absolute atomic E-state index is 0.00140. The van der Waals surface area contributed by atoms with Crippen molar-refractivity contribution >= 4 is 28.8 Å². The standard InChI is InChI=1S/C29H28ClN5O2/c1-19-17-35(18-32-19)26-13-10-24(15-27(26)37-3)33-29-31-16-22(14-20-4-11-25(36-2)12-5-20)28(34-29)21-6-8-23(30)9-7-21/h4-8,10-13,15-18,23H,9,14H2,1-3H3,(H,31,33,34). The van der Waals surface area contributed by atoms with Gasteiger partial charge in [0.25, 0.3) is 0 Å². The summed E-state index contributed by atoms with van der Waals surface area (Å²) < 4.78 is 12.9. The number of allylic oxidation sites excluding steroid dienone is 4. The van der Waals surface area contributed by atoms with Gasteiger partial charge in [0, 0.05) is 36.1 Å². The Hall–Kier alpha value is -4.10. The summed E-state index contributed by atoms with van der Waals surface area (Å²) in [6.07, 6.45) is 13.2. The Morgan fingerprint density at radius 1 is 1.08 bits per heavy atom. The van der Waals surface area contributed by atoms with Gasteiger partial charge < -0.3 is 19.4 Å². The van der Waals surface area contributed by atoms with Gasteiger partial charge in [0.05, 0.1) is 43.0 Å². The van der Waals surface area contributed by atoms with Gasteiger partial charge in [0.15, 0.2) is 0 Å². The maximum atomic E-state index is 6.29. The Bertz CT molecular complexity index is 1460. The molecule has 2 aromatic carbocycles. The Labute approximate surface area is 221 Å². The van der Waals surface area contributed by atoms with Crippen molar-refractivity contribution in [2.45, 2.75) is 25.1 Å². The third-order valence-electron chi connectivity index (χ3n) is 6.16. The number of ether oxygens (including phenoxy) is 2. The van der Waals surface area contributed by atoms with Crippen LogP contribution in [0.3, 0.4) is 0 Å². The van der Waals surface area contributed by atoms with Crippen molar-refractivity contribution < 1.29 is 9.47 Å². The number of aromatic nitrogens is 4. The van der Waals surface area contributed by atoms with E-state index < -0.39 is 0 Å². The topological polar surface area (TPSA) is 74.1 Å². The van der Waals surface area contributed by atoms with Crippen LogP contribution in [0.5, 0.6) is 11.5 Å². The number of methoxy groups -OCH3 is 2. The molecular weight excluding hydrogens is 486 g/mol. The minimum Gasteiger partial charge on any atom is -0.497 e. The molecule has 0 amide bonds. The lowest BCUT2D eigenvalue weighted by atomic mass is 9.97. The predicted octanol–water partition coefficient (Wildman–Crippen LogP) is 6.27. The van der Waals surface area contributed by atoms with Gasteiger partial charge in [-0.25, -0.2) is 15.0 Å². The highest BCUT2D eigenvalue weighted by Crippen LogP contribution is 2.30. The Kier molecular flexibility index (Phi) is 7.23. The molecule has 0 saturated heterocycles. The molecule has 0 bridgehead atoms. The zero-order valence-electron chi connectivity index (χ0n) is 21.0. The first kappa shape index (κ1) is 24.6. The Balaban J connectivity index is 1.45. The quantitative estimate of drug-likeness (QED) is 0.280. The molecule has 0 aliphatic heterocycles. The lowest BCUT2D eigenvalue weighted by Crippen LogP contribution is -2.07. The normalized spacial score (nSPS) is 14.8. The number of alkyl halides is 1. The van der Waals surface area contributed by atoms with Crippen LogP contribution >= 0.6 is 11.6 Å². The highest BCUT2D eigenvalue weighted by atomic mass is 35.5. The van der Waals surface area contributed by atoms with Gasteiger partial charge in [-0.05, 0) is 48.7 Å². The van der Waals surface area contributed by atoms with Crippen LogP contribution in [0, 0.1) is 6.92 Å². The van der Waals surface area contributed by atoms with Gasteiger partial charge in [-0.3, -0.25) is 0 Å². The highest BCUT2D eigenvalue weighted by Gasteiger charge is 2.15. The van der Waals surface area contributed by atoms with Crippen molar-refractivity contribution in [1.82, 2.24) is 19.5 Å². The Morgan fingerprint density at radius 3 is 2.59 bits per heavy atom. The maximum Gasteiger partial charge on any atom is 0.227 e. The van der Waals surface area contributed by atoms with Crippen LogP contribution in [0.25, 0.3) is 11.3 Å². The van der Waals surface area contributed by atoms with Gasteiger partial charge in [0.1, 0.15) is 11.5 Å². The van der Waals surface area contributed by atoms with Crippen molar-refractivity contribution in [3.8, 4) is 17.2 Å². The largest absolute Gasteiger partial charge is 0.497 e. The van der Waals surface area contributed by atoms with E-state index in [1.807, 2.05) is 66.4 Å². The molecule has 1 atom stereocenters. The van der Waals surface area contributed by atoms with Crippen LogP contribution in [0.2, 0.25) is 0 Å². The number of halogens is 1. The summed E-state index contributed by atoms with van der Waals surface area (Å²) in [6, 6.07) is 13.9. The summed E-state index contributed by atoms with van der Waals surface area (Å²) in [4.78, 5) is 13.9. The van der Waals surface area contributed by atoms with Crippen LogP contribution in [0.4, 0.5) is 11.6 Å². The van der Waals surface area contributed by atoms with Crippen molar-refractivity contribution in [2.24, 2.45) is 0 Å². The fraction of sp³-hybridized carbons (Fsp3) is 0.207. The molecule has 0 radical (unpaired) electrons. The first-order chi connectivity index (χ1) is 18.0. The summed E-state index contributed by atoms with van der Waals surface area (Å²) in [6.45, 7) is 1.95. The number of benzene rings is 2. The smallest absolute Gasteiger partial charge is 0.227 e. The second-order valence-corrected chi connectivity index (χ2v) is 9.36. The van der Waals surface area contributed by atoms with E-state index in [9.17, 15) is 0 Å². The molecule has 0 spiro atoms. The molecule has 8 heteroatoms. The van der Waals surface area contributed by atoms with E-state index in [1.54, 1.807) is 20.5 Å². The molecule has 5 rings (SSSR count). The fourth-order valence-corrected chi connectivity index (χ4v) is 4.39. The summed E-state index contributed by atoms with van der Waals surface area (Å²) in [5.41, 5.74) is 6.75. The second kappa shape index (κ2) is 10.9. The molecule has 1 aliphatic rings. The summed E-state index contributed by atoms with van der Waals surface area (Å²) in [5.74, 6) is 2.05. The van der Waals surface area contributed by atoms with E-state index in [0.29, 0.717) is 18.1 Å². The number of imidazole rings is 1. The van der Waals surface area contributed by atoms with Crippen LogP contribution in [-0.4, -0.2) is 39.1 Å². The summed E-state index contributed by atoms with van der Waals surface area (Å²) in [7, 11) is 3.32. The molecule has 1 aliphatic carbocycles. The summed E-state index contributed by atoms with van der Waals surface area (Å²) in [5, 5.41) is 3.33. The zero-order chi connectivity index (χ0) is 25.8. The van der Waals surface area contributed by atoms with Gasteiger partial charge in [-0.2, -0.15) is 0 Å². The van der Waals surface area contributed by atoms with E-state index in [2.05, 4.69) is 33.5 Å². The summed E-state index contributed by atoms with van der Waals surface area (Å²) >= 11 is 6.29. The monoisotopic (exact) mass is 513 g/mol. The SMILES string of the molecule is COc1ccc(Cc2cnc(Nc3ccc(-n4cnc(C)c4)c(OC)c3)nc2C2=CCC(Cl)C=C2)cc1. The number of hydrogen-bond donors (Lipinski definition) is 1. The van der Waals surface area contributed by atoms with E-state index in [0.717, 1.165) is 51.6 Å². The lowest BCUT2D eigenvalue weighted by Gasteiger charge is -2.16. The van der Waals surface area contributed by atoms with Crippen molar-refractivity contribution in [1.29, 1.82) is 0 Å². The third kappa shape index (κ3) is 5.67. The molecule has 7 nitrogen and oxygen atoms in total.